The summed E-state index contributed by atoms with van der Waals surface area (Å²) >= 11 is 0. The number of carbonyl (C=O) groups excluding carboxylic acids is 1. The fourth-order valence-corrected chi connectivity index (χ4v) is 3.18. The third-order valence-corrected chi connectivity index (χ3v) is 4.50. The summed E-state index contributed by atoms with van der Waals surface area (Å²) in [6.07, 6.45) is -1.79. The smallest absolute Gasteiger partial charge is 0.419 e. The number of hydrogen-bond donors (Lipinski definition) is 0. The maximum absolute atomic E-state index is 13.5. The lowest BCUT2D eigenvalue weighted by Crippen LogP contribution is -2.18. The van der Waals surface area contributed by atoms with Crippen molar-refractivity contribution < 1.29 is 22.7 Å². The number of ether oxygens (including phenoxy) is 1. The molecule has 5 heteroatoms. The van der Waals surface area contributed by atoms with Crippen molar-refractivity contribution in [2.45, 2.75) is 44.4 Å². The van der Waals surface area contributed by atoms with Gasteiger partial charge in [-0.25, -0.2) is 0 Å². The predicted octanol–water partition coefficient (Wildman–Crippen LogP) is 5.51. The molecule has 0 aliphatic heterocycles. The molecule has 0 heterocycles. The van der Waals surface area contributed by atoms with Crippen LogP contribution < -0.4 is 4.74 Å². The summed E-state index contributed by atoms with van der Waals surface area (Å²) in [6, 6.07) is 13.0. The van der Waals surface area contributed by atoms with Crippen LogP contribution in [0.25, 0.3) is 0 Å². The molecule has 2 aromatic carbocycles. The highest BCUT2D eigenvalue weighted by Gasteiger charge is 2.36. The van der Waals surface area contributed by atoms with Crippen molar-refractivity contribution in [1.29, 1.82) is 0 Å². The monoisotopic (exact) mass is 348 g/mol. The van der Waals surface area contributed by atoms with E-state index >= 15 is 0 Å². The summed E-state index contributed by atoms with van der Waals surface area (Å²) in [6.45, 7) is 0.0611. The molecule has 25 heavy (non-hydrogen) atoms. The van der Waals surface area contributed by atoms with Crippen LogP contribution in [0.2, 0.25) is 0 Å². The Morgan fingerprint density at radius 2 is 1.80 bits per heavy atom. The number of carbonyl (C=O) groups is 1. The first-order valence-corrected chi connectivity index (χ1v) is 8.36. The van der Waals surface area contributed by atoms with Gasteiger partial charge in [0.25, 0.3) is 0 Å². The predicted molar refractivity (Wildman–Crippen MR) is 88.4 cm³/mol. The molecule has 1 aliphatic carbocycles. The van der Waals surface area contributed by atoms with Crippen LogP contribution in [0.4, 0.5) is 13.2 Å². The molecule has 0 spiro atoms. The summed E-state index contributed by atoms with van der Waals surface area (Å²) in [5, 5.41) is 0. The SMILES string of the molecule is O=C1CCCCC1c1ccc(OCc2ccccc2)c(C(F)(F)F)c1. The maximum Gasteiger partial charge on any atom is 0.419 e. The third kappa shape index (κ3) is 4.21. The summed E-state index contributed by atoms with van der Waals surface area (Å²) < 4.78 is 45.8. The van der Waals surface area contributed by atoms with Crippen molar-refractivity contribution in [1.82, 2.24) is 0 Å². The van der Waals surface area contributed by atoms with E-state index in [1.54, 1.807) is 30.3 Å². The zero-order valence-corrected chi connectivity index (χ0v) is 13.7. The van der Waals surface area contributed by atoms with Gasteiger partial charge in [-0.15, -0.1) is 0 Å². The lowest BCUT2D eigenvalue weighted by atomic mass is 9.82. The standard InChI is InChI=1S/C20H19F3O2/c21-20(22,23)17-12-15(16-8-4-5-9-18(16)24)10-11-19(17)25-13-14-6-2-1-3-7-14/h1-3,6-7,10-12,16H,4-5,8-9,13H2. The molecule has 2 nitrogen and oxygen atoms in total. The van der Waals surface area contributed by atoms with E-state index in [9.17, 15) is 18.0 Å². The molecule has 0 N–H and O–H groups in total. The largest absolute Gasteiger partial charge is 0.488 e. The molecule has 1 unspecified atom stereocenters. The van der Waals surface area contributed by atoms with Crippen LogP contribution in [0.15, 0.2) is 48.5 Å². The van der Waals surface area contributed by atoms with E-state index in [0.29, 0.717) is 18.4 Å². The van der Waals surface area contributed by atoms with Crippen LogP contribution in [0.1, 0.15) is 48.3 Å². The van der Waals surface area contributed by atoms with Crippen molar-refractivity contribution in [2.24, 2.45) is 0 Å². The van der Waals surface area contributed by atoms with Crippen molar-refractivity contribution in [3.8, 4) is 5.75 Å². The van der Waals surface area contributed by atoms with E-state index in [4.69, 9.17) is 4.74 Å². The minimum atomic E-state index is -4.53. The first-order chi connectivity index (χ1) is 11.9. The molecule has 2 aromatic rings. The Kier molecular flexibility index (Phi) is 5.11. The van der Waals surface area contributed by atoms with Gasteiger partial charge in [-0.2, -0.15) is 13.2 Å². The Morgan fingerprint density at radius 1 is 1.04 bits per heavy atom. The third-order valence-electron chi connectivity index (χ3n) is 4.50. The van der Waals surface area contributed by atoms with Crippen molar-refractivity contribution in [2.75, 3.05) is 0 Å². The molecule has 1 aliphatic rings. The minimum absolute atomic E-state index is 0.0253. The molecule has 1 fully saturated rings. The molecular formula is C20H19F3O2. The molecule has 0 amide bonds. The molecule has 132 valence electrons. The number of Topliss-reactive ketones (excluding diaryl/α,β-unsaturated/α-hetero) is 1. The van der Waals surface area contributed by atoms with Gasteiger partial charge >= 0.3 is 6.18 Å². The zero-order valence-electron chi connectivity index (χ0n) is 13.7. The Labute approximate surface area is 144 Å². The number of rotatable bonds is 4. The summed E-state index contributed by atoms with van der Waals surface area (Å²) in [5.74, 6) is -0.612. The molecule has 0 bridgehead atoms. The van der Waals surface area contributed by atoms with Gasteiger partial charge in [0.2, 0.25) is 0 Å². The van der Waals surface area contributed by atoms with E-state index in [2.05, 4.69) is 0 Å². The average Bonchev–Trinajstić information content (AvgIpc) is 2.60. The lowest BCUT2D eigenvalue weighted by molar-refractivity contribution is -0.139. The first-order valence-electron chi connectivity index (χ1n) is 8.36. The summed E-state index contributed by atoms with van der Waals surface area (Å²) in [7, 11) is 0. The Hall–Kier alpha value is -2.30. The number of halogens is 3. The highest BCUT2D eigenvalue weighted by Crippen LogP contribution is 2.40. The first kappa shape index (κ1) is 17.5. The number of alkyl halides is 3. The van der Waals surface area contributed by atoms with Crippen molar-refractivity contribution >= 4 is 5.78 Å². The zero-order chi connectivity index (χ0) is 17.9. The van der Waals surface area contributed by atoms with Crippen molar-refractivity contribution in [3.63, 3.8) is 0 Å². The normalized spacial score (nSPS) is 18.2. The van der Waals surface area contributed by atoms with E-state index in [1.165, 1.54) is 6.07 Å². The molecule has 1 saturated carbocycles. The second-order valence-corrected chi connectivity index (χ2v) is 6.29. The van der Waals surface area contributed by atoms with Crippen molar-refractivity contribution in [3.05, 3.63) is 65.2 Å². The van der Waals surface area contributed by atoms with Gasteiger partial charge < -0.3 is 4.74 Å². The molecule has 0 radical (unpaired) electrons. The number of benzene rings is 2. The molecule has 0 aromatic heterocycles. The van der Waals surface area contributed by atoms with E-state index in [1.807, 2.05) is 6.07 Å². The van der Waals surface area contributed by atoms with E-state index < -0.39 is 17.7 Å². The molecular weight excluding hydrogens is 329 g/mol. The maximum atomic E-state index is 13.5. The molecule has 1 atom stereocenters. The minimum Gasteiger partial charge on any atom is -0.488 e. The van der Waals surface area contributed by atoms with Crippen LogP contribution >= 0.6 is 0 Å². The topological polar surface area (TPSA) is 26.3 Å². The summed E-state index contributed by atoms with van der Waals surface area (Å²) in [5.41, 5.74) is 0.408. The second kappa shape index (κ2) is 7.30. The molecule has 3 rings (SSSR count). The highest BCUT2D eigenvalue weighted by atomic mass is 19.4. The number of hydrogen-bond acceptors (Lipinski definition) is 2. The Morgan fingerprint density at radius 3 is 2.48 bits per heavy atom. The van der Waals surface area contributed by atoms with Gasteiger partial charge in [-0.3, -0.25) is 4.79 Å². The summed E-state index contributed by atoms with van der Waals surface area (Å²) in [4.78, 5) is 12.0. The fraction of sp³-hybridized carbons (Fsp3) is 0.350. The van der Waals surface area contributed by atoms with Crippen LogP contribution in [-0.2, 0) is 17.6 Å². The van der Waals surface area contributed by atoms with E-state index in [0.717, 1.165) is 24.5 Å². The average molecular weight is 348 g/mol. The van der Waals surface area contributed by atoms with Gasteiger partial charge in [-0.05, 0) is 36.1 Å². The van der Waals surface area contributed by atoms with Gasteiger partial charge in [0.15, 0.2) is 0 Å². The van der Waals surface area contributed by atoms with Gasteiger partial charge in [0.05, 0.1) is 5.56 Å². The lowest BCUT2D eigenvalue weighted by Gasteiger charge is -2.23. The van der Waals surface area contributed by atoms with Crippen LogP contribution in [-0.4, -0.2) is 5.78 Å². The van der Waals surface area contributed by atoms with Gasteiger partial charge in [0.1, 0.15) is 18.1 Å². The van der Waals surface area contributed by atoms with Crippen LogP contribution in [0.5, 0.6) is 5.75 Å². The van der Waals surface area contributed by atoms with E-state index in [-0.39, 0.29) is 18.1 Å². The van der Waals surface area contributed by atoms with Crippen LogP contribution in [0, 0.1) is 0 Å². The number of ketones is 1. The van der Waals surface area contributed by atoms with Crippen LogP contribution in [0.3, 0.4) is 0 Å². The Bertz CT molecular complexity index is 738. The van der Waals surface area contributed by atoms with Gasteiger partial charge in [-0.1, -0.05) is 42.8 Å². The quantitative estimate of drug-likeness (QED) is 0.728. The fourth-order valence-electron chi connectivity index (χ4n) is 3.18. The Balaban J connectivity index is 1.86. The highest BCUT2D eigenvalue weighted by molar-refractivity contribution is 5.86. The van der Waals surface area contributed by atoms with Gasteiger partial charge in [0, 0.05) is 12.3 Å². The molecule has 0 saturated heterocycles. The second-order valence-electron chi connectivity index (χ2n) is 6.29.